The van der Waals surface area contributed by atoms with Crippen molar-refractivity contribution in [2.75, 3.05) is 20.2 Å². The van der Waals surface area contributed by atoms with Crippen LogP contribution in [0.4, 0.5) is 0 Å². The topological polar surface area (TPSA) is 60.2 Å². The van der Waals surface area contributed by atoms with Crippen LogP contribution in [-0.4, -0.2) is 45.8 Å². The van der Waals surface area contributed by atoms with E-state index in [1.165, 1.54) is 12.8 Å². The van der Waals surface area contributed by atoms with Gasteiger partial charge >= 0.3 is 0 Å². The van der Waals surface area contributed by atoms with E-state index in [1.54, 1.807) is 11.8 Å². The number of carbonyl (C=O) groups is 1. The summed E-state index contributed by atoms with van der Waals surface area (Å²) in [5.74, 6) is 1.70. The van der Waals surface area contributed by atoms with Gasteiger partial charge in [-0.15, -0.1) is 0 Å². The molecule has 1 aliphatic heterocycles. The van der Waals surface area contributed by atoms with Crippen molar-refractivity contribution in [3.8, 4) is 16.9 Å². The van der Waals surface area contributed by atoms with Crippen molar-refractivity contribution in [2.24, 2.45) is 7.05 Å². The number of ether oxygens (including phenoxy) is 1. The van der Waals surface area contributed by atoms with Crippen LogP contribution in [0.2, 0.25) is 0 Å². The average molecular weight is 431 g/mol. The van der Waals surface area contributed by atoms with Crippen molar-refractivity contribution in [1.82, 2.24) is 19.7 Å². The zero-order valence-corrected chi connectivity index (χ0v) is 19.0. The highest BCUT2D eigenvalue weighted by atomic mass is 16.5. The summed E-state index contributed by atoms with van der Waals surface area (Å²) in [6.45, 7) is 3.51. The van der Waals surface area contributed by atoms with E-state index in [-0.39, 0.29) is 11.8 Å². The summed E-state index contributed by atoms with van der Waals surface area (Å²) in [7, 11) is 3.56. The van der Waals surface area contributed by atoms with Crippen LogP contribution in [0.5, 0.6) is 5.75 Å². The molecule has 0 bridgehead atoms. The molecule has 1 aromatic carbocycles. The number of piperidine rings is 1. The number of hydrogen-bond acceptors (Lipinski definition) is 4. The van der Waals surface area contributed by atoms with Gasteiger partial charge in [0.15, 0.2) is 0 Å². The largest absolute Gasteiger partial charge is 0.497 e. The Bertz CT molecular complexity index is 1150. The summed E-state index contributed by atoms with van der Waals surface area (Å²) in [6, 6.07) is 14.4. The smallest absolute Gasteiger partial charge is 0.272 e. The molecular weight excluding hydrogens is 400 g/mol. The minimum atomic E-state index is 0.0808. The van der Waals surface area contributed by atoms with Crippen molar-refractivity contribution in [3.63, 3.8) is 0 Å². The van der Waals surface area contributed by atoms with E-state index < -0.39 is 0 Å². The van der Waals surface area contributed by atoms with Crippen LogP contribution in [-0.2, 0) is 7.05 Å². The quantitative estimate of drug-likeness (QED) is 0.589. The number of aromatic nitrogens is 3. The summed E-state index contributed by atoms with van der Waals surface area (Å²) >= 11 is 0. The maximum atomic E-state index is 13.3. The maximum absolute atomic E-state index is 13.3. The summed E-state index contributed by atoms with van der Waals surface area (Å²) in [5, 5.41) is 4.58. The Kier molecular flexibility index (Phi) is 5.45. The molecule has 2 fully saturated rings. The fourth-order valence-corrected chi connectivity index (χ4v) is 4.71. The van der Waals surface area contributed by atoms with Crippen molar-refractivity contribution in [1.29, 1.82) is 0 Å². The molecule has 1 amide bonds. The molecule has 0 N–H and O–H groups in total. The van der Waals surface area contributed by atoms with Gasteiger partial charge in [0.2, 0.25) is 0 Å². The van der Waals surface area contributed by atoms with Gasteiger partial charge in [0.25, 0.3) is 5.91 Å². The minimum absolute atomic E-state index is 0.0808. The number of aryl methyl sites for hydroxylation is 2. The van der Waals surface area contributed by atoms with Gasteiger partial charge in [0.1, 0.15) is 11.4 Å². The zero-order valence-electron chi connectivity index (χ0n) is 19.0. The van der Waals surface area contributed by atoms with Crippen LogP contribution in [0.15, 0.2) is 42.5 Å². The highest BCUT2D eigenvalue weighted by molar-refractivity contribution is 5.93. The standard InChI is InChI=1S/C26H30N4O2/c1-17-12-21(19-6-4-8-22(13-19)32-3)14-23(27-17)20-7-5-11-30(16-20)26(31)25-15-24(18-9-10-18)28-29(25)2/h4,6,8,12-15,18,20H,5,7,9-11,16H2,1-3H3/t20-/m0/s1. The predicted octanol–water partition coefficient (Wildman–Crippen LogP) is 4.70. The van der Waals surface area contributed by atoms with Crippen molar-refractivity contribution < 1.29 is 9.53 Å². The molecule has 6 nitrogen and oxygen atoms in total. The number of rotatable bonds is 5. The summed E-state index contributed by atoms with van der Waals surface area (Å²) in [6.07, 6.45) is 4.39. The molecule has 1 atom stereocenters. The second-order valence-corrected chi connectivity index (χ2v) is 9.10. The fourth-order valence-electron chi connectivity index (χ4n) is 4.71. The van der Waals surface area contributed by atoms with Crippen molar-refractivity contribution in [2.45, 2.75) is 44.4 Å². The second kappa shape index (κ2) is 8.41. The van der Waals surface area contributed by atoms with Crippen LogP contribution in [0, 0.1) is 6.92 Å². The molecule has 3 aromatic rings. The molecule has 2 aliphatic rings. The first-order valence-corrected chi connectivity index (χ1v) is 11.5. The van der Waals surface area contributed by atoms with Gasteiger partial charge < -0.3 is 9.64 Å². The van der Waals surface area contributed by atoms with Crippen LogP contribution in [0.25, 0.3) is 11.1 Å². The predicted molar refractivity (Wildman–Crippen MR) is 124 cm³/mol. The lowest BCUT2D eigenvalue weighted by Gasteiger charge is -2.32. The van der Waals surface area contributed by atoms with Crippen LogP contribution < -0.4 is 4.74 Å². The Morgan fingerprint density at radius 1 is 1.03 bits per heavy atom. The number of methoxy groups -OCH3 is 1. The molecule has 5 rings (SSSR count). The number of carbonyl (C=O) groups excluding carboxylic acids is 1. The molecule has 0 radical (unpaired) electrons. The van der Waals surface area contributed by atoms with Crippen molar-refractivity contribution in [3.05, 3.63) is 65.2 Å². The zero-order chi connectivity index (χ0) is 22.2. The first-order valence-electron chi connectivity index (χ1n) is 11.5. The molecule has 6 heteroatoms. The number of benzene rings is 1. The van der Waals surface area contributed by atoms with Gasteiger partial charge in [0.05, 0.1) is 12.8 Å². The lowest BCUT2D eigenvalue weighted by molar-refractivity contribution is 0.0694. The SMILES string of the molecule is COc1cccc(-c2cc(C)nc([C@H]3CCCN(C(=O)c4cc(C5CC5)nn4C)C3)c2)c1. The molecule has 0 spiro atoms. The Morgan fingerprint density at radius 2 is 1.88 bits per heavy atom. The minimum Gasteiger partial charge on any atom is -0.497 e. The van der Waals surface area contributed by atoms with E-state index in [0.717, 1.165) is 53.3 Å². The summed E-state index contributed by atoms with van der Waals surface area (Å²) in [4.78, 5) is 20.2. The van der Waals surface area contributed by atoms with Crippen molar-refractivity contribution >= 4 is 5.91 Å². The first-order chi connectivity index (χ1) is 15.5. The van der Waals surface area contributed by atoms with Gasteiger partial charge in [-0.2, -0.15) is 5.10 Å². The second-order valence-electron chi connectivity index (χ2n) is 9.10. The number of nitrogens with zero attached hydrogens (tertiary/aromatic N) is 4. The molecule has 166 valence electrons. The molecule has 1 aliphatic carbocycles. The molecular formula is C26H30N4O2. The van der Waals surface area contributed by atoms with Gasteiger partial charge in [0, 0.05) is 43.4 Å². The molecule has 2 aromatic heterocycles. The van der Waals surface area contributed by atoms with Gasteiger partial charge in [-0.05, 0) is 74.1 Å². The fraction of sp³-hybridized carbons (Fsp3) is 0.423. The van der Waals surface area contributed by atoms with E-state index in [2.05, 4.69) is 29.4 Å². The number of likely N-dealkylation sites (tertiary alicyclic amines) is 1. The number of amides is 1. The Balaban J connectivity index is 1.38. The van der Waals surface area contributed by atoms with E-state index in [1.807, 2.05) is 37.1 Å². The van der Waals surface area contributed by atoms with Gasteiger partial charge in [-0.25, -0.2) is 0 Å². The Labute approximate surface area is 189 Å². The summed E-state index contributed by atoms with van der Waals surface area (Å²) in [5.41, 5.74) is 6.06. The van der Waals surface area contributed by atoms with Crippen LogP contribution >= 0.6 is 0 Å². The molecule has 3 heterocycles. The monoisotopic (exact) mass is 430 g/mol. The Morgan fingerprint density at radius 3 is 2.66 bits per heavy atom. The number of hydrogen-bond donors (Lipinski definition) is 0. The van der Waals surface area contributed by atoms with E-state index in [9.17, 15) is 4.79 Å². The highest BCUT2D eigenvalue weighted by Crippen LogP contribution is 2.39. The maximum Gasteiger partial charge on any atom is 0.272 e. The first kappa shape index (κ1) is 20.7. The molecule has 32 heavy (non-hydrogen) atoms. The third-order valence-corrected chi connectivity index (χ3v) is 6.62. The third-order valence-electron chi connectivity index (χ3n) is 6.62. The number of pyridine rings is 1. The van der Waals surface area contributed by atoms with Crippen LogP contribution in [0.3, 0.4) is 0 Å². The lowest BCUT2D eigenvalue weighted by Crippen LogP contribution is -2.40. The molecule has 1 saturated carbocycles. The van der Waals surface area contributed by atoms with Gasteiger partial charge in [-0.1, -0.05) is 12.1 Å². The Hall–Kier alpha value is -3.15. The lowest BCUT2D eigenvalue weighted by atomic mass is 9.92. The van der Waals surface area contributed by atoms with Gasteiger partial charge in [-0.3, -0.25) is 14.5 Å². The van der Waals surface area contributed by atoms with Crippen LogP contribution in [0.1, 0.15) is 65.1 Å². The van der Waals surface area contributed by atoms with E-state index in [0.29, 0.717) is 18.2 Å². The third kappa shape index (κ3) is 4.14. The van der Waals surface area contributed by atoms with E-state index >= 15 is 0 Å². The highest BCUT2D eigenvalue weighted by Gasteiger charge is 2.31. The molecule has 1 saturated heterocycles. The van der Waals surface area contributed by atoms with E-state index in [4.69, 9.17) is 9.72 Å². The average Bonchev–Trinajstić information content (AvgIpc) is 3.60. The summed E-state index contributed by atoms with van der Waals surface area (Å²) < 4.78 is 7.15. The normalized spacial score (nSPS) is 18.6. The molecule has 0 unspecified atom stereocenters.